The zero-order chi connectivity index (χ0) is 19.8. The molecule has 0 bridgehead atoms. The van der Waals surface area contributed by atoms with Gasteiger partial charge in [-0.15, -0.1) is 0 Å². The van der Waals surface area contributed by atoms with Crippen molar-refractivity contribution in [1.29, 1.82) is 0 Å². The third-order valence-electron chi connectivity index (χ3n) is 4.46. The van der Waals surface area contributed by atoms with Gasteiger partial charge in [0.05, 0.1) is 26.8 Å². The standard InChI is InChI=1S/C21H24N2O5/c1-26-17-7-9-18(10-8-17)28-15-20(24)22-13-21(25)23-11-12-27-19(14-23)16-5-3-2-4-6-16/h2-10,19H,11-15H2,1H3,(H,22,24)/t19-/m1/s1. The Hall–Kier alpha value is -3.06. The van der Waals surface area contributed by atoms with Gasteiger partial charge in [0.1, 0.15) is 17.6 Å². The SMILES string of the molecule is COc1ccc(OCC(=O)NCC(=O)N2CCO[C@@H](c3ccccc3)C2)cc1. The number of carbonyl (C=O) groups is 2. The van der Waals surface area contributed by atoms with Gasteiger partial charge in [0.2, 0.25) is 5.91 Å². The molecule has 1 heterocycles. The molecule has 1 aliphatic rings. The fourth-order valence-electron chi connectivity index (χ4n) is 2.90. The van der Waals surface area contributed by atoms with Crippen LogP contribution in [-0.4, -0.2) is 56.7 Å². The summed E-state index contributed by atoms with van der Waals surface area (Å²) in [5, 5.41) is 2.61. The number of hydrogen-bond donors (Lipinski definition) is 1. The first-order valence-electron chi connectivity index (χ1n) is 9.13. The Bertz CT molecular complexity index is 779. The Morgan fingerprint density at radius 2 is 1.82 bits per heavy atom. The Balaban J connectivity index is 1.42. The van der Waals surface area contributed by atoms with Gasteiger partial charge in [0, 0.05) is 6.54 Å². The molecule has 0 aliphatic carbocycles. The number of morpholine rings is 1. The summed E-state index contributed by atoms with van der Waals surface area (Å²) in [6.45, 7) is 1.24. The molecule has 2 aromatic rings. The number of benzene rings is 2. The molecule has 1 aliphatic heterocycles. The summed E-state index contributed by atoms with van der Waals surface area (Å²) in [5.41, 5.74) is 1.04. The lowest BCUT2D eigenvalue weighted by Crippen LogP contribution is -2.47. The summed E-state index contributed by atoms with van der Waals surface area (Å²) in [7, 11) is 1.58. The summed E-state index contributed by atoms with van der Waals surface area (Å²) in [5.74, 6) is 0.780. The molecule has 1 saturated heterocycles. The molecule has 1 fully saturated rings. The maximum atomic E-state index is 12.4. The highest BCUT2D eigenvalue weighted by Crippen LogP contribution is 2.21. The first-order chi connectivity index (χ1) is 13.7. The van der Waals surface area contributed by atoms with Gasteiger partial charge in [0.15, 0.2) is 6.61 Å². The molecule has 0 aromatic heterocycles. The fraction of sp³-hybridized carbons (Fsp3) is 0.333. The van der Waals surface area contributed by atoms with E-state index in [1.165, 1.54) is 0 Å². The minimum Gasteiger partial charge on any atom is -0.497 e. The normalized spacial score (nSPS) is 16.3. The number of ether oxygens (including phenoxy) is 3. The van der Waals surface area contributed by atoms with Crippen LogP contribution in [0.5, 0.6) is 11.5 Å². The average Bonchev–Trinajstić information content (AvgIpc) is 2.77. The molecular formula is C21H24N2O5. The third kappa shape index (κ3) is 5.47. The number of carbonyl (C=O) groups excluding carboxylic acids is 2. The smallest absolute Gasteiger partial charge is 0.258 e. The van der Waals surface area contributed by atoms with Crippen molar-refractivity contribution in [1.82, 2.24) is 10.2 Å². The number of amides is 2. The van der Waals surface area contributed by atoms with Crippen molar-refractivity contribution < 1.29 is 23.8 Å². The van der Waals surface area contributed by atoms with Crippen LogP contribution in [0.15, 0.2) is 54.6 Å². The number of hydrogen-bond acceptors (Lipinski definition) is 5. The van der Waals surface area contributed by atoms with Gasteiger partial charge in [-0.3, -0.25) is 9.59 Å². The predicted molar refractivity (Wildman–Crippen MR) is 103 cm³/mol. The highest BCUT2D eigenvalue weighted by Gasteiger charge is 2.25. The van der Waals surface area contributed by atoms with Crippen LogP contribution >= 0.6 is 0 Å². The lowest BCUT2D eigenvalue weighted by molar-refractivity contribution is -0.139. The van der Waals surface area contributed by atoms with Gasteiger partial charge in [0.25, 0.3) is 5.91 Å². The van der Waals surface area contributed by atoms with Gasteiger partial charge in [-0.1, -0.05) is 30.3 Å². The van der Waals surface area contributed by atoms with Crippen molar-refractivity contribution in [3.05, 3.63) is 60.2 Å². The Kier molecular flexibility index (Phi) is 6.86. The van der Waals surface area contributed by atoms with E-state index >= 15 is 0 Å². The second kappa shape index (κ2) is 9.75. The van der Waals surface area contributed by atoms with Crippen molar-refractivity contribution in [3.63, 3.8) is 0 Å². The van der Waals surface area contributed by atoms with Crippen molar-refractivity contribution in [2.45, 2.75) is 6.10 Å². The molecule has 1 atom stereocenters. The molecule has 7 nitrogen and oxygen atoms in total. The van der Waals surface area contributed by atoms with Crippen LogP contribution in [0.1, 0.15) is 11.7 Å². The first kappa shape index (κ1) is 19.7. The summed E-state index contributed by atoms with van der Waals surface area (Å²) in [4.78, 5) is 26.1. The number of methoxy groups -OCH3 is 1. The van der Waals surface area contributed by atoms with Gasteiger partial charge < -0.3 is 24.4 Å². The summed E-state index contributed by atoms with van der Waals surface area (Å²) in [6.07, 6.45) is -0.145. The maximum absolute atomic E-state index is 12.4. The average molecular weight is 384 g/mol. The van der Waals surface area contributed by atoms with E-state index in [-0.39, 0.29) is 31.1 Å². The van der Waals surface area contributed by atoms with E-state index in [2.05, 4.69) is 5.32 Å². The largest absolute Gasteiger partial charge is 0.497 e. The fourth-order valence-corrected chi connectivity index (χ4v) is 2.90. The van der Waals surface area contributed by atoms with Crippen LogP contribution in [-0.2, 0) is 14.3 Å². The molecule has 2 aromatic carbocycles. The lowest BCUT2D eigenvalue weighted by atomic mass is 10.1. The van der Waals surface area contributed by atoms with E-state index in [9.17, 15) is 9.59 Å². The number of rotatable bonds is 7. The van der Waals surface area contributed by atoms with Gasteiger partial charge in [-0.2, -0.15) is 0 Å². The Morgan fingerprint density at radius 1 is 1.11 bits per heavy atom. The minimum absolute atomic E-state index is 0.0632. The van der Waals surface area contributed by atoms with E-state index in [1.54, 1.807) is 36.3 Å². The number of nitrogens with zero attached hydrogens (tertiary/aromatic N) is 1. The lowest BCUT2D eigenvalue weighted by Gasteiger charge is -2.33. The number of nitrogens with one attached hydrogen (secondary N) is 1. The van der Waals surface area contributed by atoms with Crippen molar-refractivity contribution in [3.8, 4) is 11.5 Å². The second-order valence-corrected chi connectivity index (χ2v) is 6.35. The van der Waals surface area contributed by atoms with Crippen LogP contribution in [0.25, 0.3) is 0 Å². The quantitative estimate of drug-likeness (QED) is 0.788. The molecule has 0 spiro atoms. The molecule has 148 valence electrons. The van der Waals surface area contributed by atoms with Crippen LogP contribution in [0.4, 0.5) is 0 Å². The van der Waals surface area contributed by atoms with Crippen LogP contribution in [0.2, 0.25) is 0 Å². The molecule has 0 radical (unpaired) electrons. The minimum atomic E-state index is -0.350. The highest BCUT2D eigenvalue weighted by molar-refractivity contribution is 5.85. The maximum Gasteiger partial charge on any atom is 0.258 e. The molecule has 7 heteroatoms. The van der Waals surface area contributed by atoms with Gasteiger partial charge in [-0.25, -0.2) is 0 Å². The van der Waals surface area contributed by atoms with Gasteiger partial charge >= 0.3 is 0 Å². The molecular weight excluding hydrogens is 360 g/mol. The molecule has 28 heavy (non-hydrogen) atoms. The predicted octanol–water partition coefficient (Wildman–Crippen LogP) is 1.79. The molecule has 1 N–H and O–H groups in total. The third-order valence-corrected chi connectivity index (χ3v) is 4.46. The van der Waals surface area contributed by atoms with E-state index < -0.39 is 0 Å². The van der Waals surface area contributed by atoms with Gasteiger partial charge in [-0.05, 0) is 29.8 Å². The zero-order valence-electron chi connectivity index (χ0n) is 15.8. The van der Waals surface area contributed by atoms with Crippen molar-refractivity contribution >= 4 is 11.8 Å². The topological polar surface area (TPSA) is 77.1 Å². The Morgan fingerprint density at radius 3 is 2.54 bits per heavy atom. The first-order valence-corrected chi connectivity index (χ1v) is 9.13. The van der Waals surface area contributed by atoms with Crippen molar-refractivity contribution in [2.24, 2.45) is 0 Å². The highest BCUT2D eigenvalue weighted by atomic mass is 16.5. The van der Waals surface area contributed by atoms with Crippen LogP contribution < -0.4 is 14.8 Å². The van der Waals surface area contributed by atoms with E-state index in [0.29, 0.717) is 31.2 Å². The summed E-state index contributed by atoms with van der Waals surface area (Å²) in [6, 6.07) is 16.7. The van der Waals surface area contributed by atoms with E-state index in [0.717, 1.165) is 5.56 Å². The van der Waals surface area contributed by atoms with E-state index in [4.69, 9.17) is 14.2 Å². The summed E-state index contributed by atoms with van der Waals surface area (Å²) < 4.78 is 16.2. The molecule has 3 rings (SSSR count). The van der Waals surface area contributed by atoms with Crippen LogP contribution in [0.3, 0.4) is 0 Å². The van der Waals surface area contributed by atoms with E-state index in [1.807, 2.05) is 30.3 Å². The molecule has 0 unspecified atom stereocenters. The van der Waals surface area contributed by atoms with Crippen LogP contribution in [0, 0.1) is 0 Å². The van der Waals surface area contributed by atoms with Crippen molar-refractivity contribution in [2.75, 3.05) is 40.0 Å². The molecule has 2 amide bonds. The second-order valence-electron chi connectivity index (χ2n) is 6.35. The zero-order valence-corrected chi connectivity index (χ0v) is 15.8. The Labute approximate surface area is 164 Å². The monoisotopic (exact) mass is 384 g/mol. The summed E-state index contributed by atoms with van der Waals surface area (Å²) >= 11 is 0. The molecule has 0 saturated carbocycles.